The number of anilines is 1. The molecule has 0 aliphatic carbocycles. The molecule has 0 saturated heterocycles. The van der Waals surface area contributed by atoms with E-state index >= 15 is 0 Å². The van der Waals surface area contributed by atoms with Crippen molar-refractivity contribution in [2.24, 2.45) is 0 Å². The molecule has 1 aromatic heterocycles. The van der Waals surface area contributed by atoms with E-state index in [0.717, 1.165) is 22.7 Å². The SMILES string of the molecule is CCOc1cccc(N2CC(O)=C(c3nc(-c4ccc(C)c(C)c4)cs3)C2=N)c1. The third-order valence-electron chi connectivity index (χ3n) is 5.06. The van der Waals surface area contributed by atoms with Crippen LogP contribution in [0.5, 0.6) is 5.75 Å². The van der Waals surface area contributed by atoms with Crippen LogP contribution in [0, 0.1) is 19.3 Å². The molecular formula is C23H23N3O2S. The molecule has 0 fully saturated rings. The van der Waals surface area contributed by atoms with Gasteiger partial charge in [0, 0.05) is 22.7 Å². The van der Waals surface area contributed by atoms with Crippen LogP contribution in [0.4, 0.5) is 5.69 Å². The molecule has 0 bridgehead atoms. The van der Waals surface area contributed by atoms with Gasteiger partial charge in [-0.15, -0.1) is 11.3 Å². The molecule has 2 aromatic carbocycles. The molecule has 148 valence electrons. The van der Waals surface area contributed by atoms with Crippen molar-refractivity contribution in [1.82, 2.24) is 4.98 Å². The minimum atomic E-state index is 0.165. The predicted octanol–water partition coefficient (Wildman–Crippen LogP) is 5.59. The molecule has 6 heteroatoms. The Kier molecular flexibility index (Phi) is 5.11. The van der Waals surface area contributed by atoms with Crippen molar-refractivity contribution in [3.63, 3.8) is 0 Å². The first-order chi connectivity index (χ1) is 14.0. The van der Waals surface area contributed by atoms with E-state index in [-0.39, 0.29) is 18.1 Å². The van der Waals surface area contributed by atoms with E-state index in [9.17, 15) is 5.11 Å². The maximum atomic E-state index is 10.6. The zero-order valence-corrected chi connectivity index (χ0v) is 17.5. The average molecular weight is 406 g/mol. The Bertz CT molecular complexity index is 1120. The van der Waals surface area contributed by atoms with Crippen LogP contribution in [0.15, 0.2) is 53.6 Å². The molecule has 2 N–H and O–H groups in total. The van der Waals surface area contributed by atoms with Crippen molar-refractivity contribution < 1.29 is 9.84 Å². The third kappa shape index (κ3) is 3.63. The van der Waals surface area contributed by atoms with Crippen LogP contribution in [0.25, 0.3) is 16.8 Å². The van der Waals surface area contributed by atoms with Gasteiger partial charge in [-0.1, -0.05) is 18.2 Å². The van der Waals surface area contributed by atoms with E-state index in [1.54, 1.807) is 4.90 Å². The van der Waals surface area contributed by atoms with Crippen LogP contribution in [0.2, 0.25) is 0 Å². The summed E-state index contributed by atoms with van der Waals surface area (Å²) in [5.74, 6) is 1.16. The molecular weight excluding hydrogens is 382 g/mol. The van der Waals surface area contributed by atoms with E-state index in [0.29, 0.717) is 17.2 Å². The molecule has 0 spiro atoms. The van der Waals surface area contributed by atoms with Crippen LogP contribution in [-0.2, 0) is 0 Å². The number of nitrogens with one attached hydrogen (secondary N) is 1. The number of aliphatic hydroxyl groups excluding tert-OH is 1. The van der Waals surface area contributed by atoms with Crippen LogP contribution >= 0.6 is 11.3 Å². The highest BCUT2D eigenvalue weighted by atomic mass is 32.1. The highest BCUT2D eigenvalue weighted by Crippen LogP contribution is 2.35. The molecule has 0 amide bonds. The van der Waals surface area contributed by atoms with Crippen LogP contribution in [-0.4, -0.2) is 29.1 Å². The largest absolute Gasteiger partial charge is 0.510 e. The van der Waals surface area contributed by atoms with Crippen LogP contribution in [0.3, 0.4) is 0 Å². The standard InChI is InChI=1S/C23H23N3O2S/c1-4-28-18-7-5-6-17(11-18)26-12-20(27)21(22(26)24)23-25-19(13-29-23)16-9-8-14(2)15(3)10-16/h5-11,13,24,27H,4,12H2,1-3H3. The summed E-state index contributed by atoms with van der Waals surface area (Å²) in [6, 6.07) is 13.8. The van der Waals surface area contributed by atoms with E-state index in [2.05, 4.69) is 32.0 Å². The van der Waals surface area contributed by atoms with Gasteiger partial charge in [0.2, 0.25) is 0 Å². The Morgan fingerprint density at radius 3 is 2.76 bits per heavy atom. The topological polar surface area (TPSA) is 69.4 Å². The first-order valence-corrected chi connectivity index (χ1v) is 10.4. The Balaban J connectivity index is 1.62. The first-order valence-electron chi connectivity index (χ1n) is 9.53. The summed E-state index contributed by atoms with van der Waals surface area (Å²) in [5, 5.41) is 21.9. The van der Waals surface area contributed by atoms with Crippen LogP contribution < -0.4 is 9.64 Å². The highest BCUT2D eigenvalue weighted by molar-refractivity contribution is 7.11. The predicted molar refractivity (Wildman–Crippen MR) is 119 cm³/mol. The molecule has 0 radical (unpaired) electrons. The smallest absolute Gasteiger partial charge is 0.139 e. The van der Waals surface area contributed by atoms with Crippen molar-refractivity contribution in [3.05, 3.63) is 69.7 Å². The zero-order chi connectivity index (χ0) is 20.5. The summed E-state index contributed by atoms with van der Waals surface area (Å²) in [6.45, 7) is 6.94. The number of benzene rings is 2. The first kappa shape index (κ1) is 19.2. The average Bonchev–Trinajstić information content (AvgIpc) is 3.29. The van der Waals surface area contributed by atoms with Crippen molar-refractivity contribution in [1.29, 1.82) is 5.41 Å². The molecule has 3 aromatic rings. The zero-order valence-electron chi connectivity index (χ0n) is 16.7. The van der Waals surface area contributed by atoms with E-state index < -0.39 is 0 Å². The summed E-state index contributed by atoms with van der Waals surface area (Å²) in [6.07, 6.45) is 0. The van der Waals surface area contributed by atoms with Crippen molar-refractivity contribution >= 4 is 28.4 Å². The van der Waals surface area contributed by atoms with E-state index in [1.807, 2.05) is 36.6 Å². The number of nitrogens with zero attached hydrogens (tertiary/aromatic N) is 2. The Labute approximate surface area is 174 Å². The van der Waals surface area contributed by atoms with Gasteiger partial charge in [0.25, 0.3) is 0 Å². The van der Waals surface area contributed by atoms with Gasteiger partial charge in [0.1, 0.15) is 22.4 Å². The Morgan fingerprint density at radius 1 is 1.17 bits per heavy atom. The molecule has 29 heavy (non-hydrogen) atoms. The van der Waals surface area contributed by atoms with E-state index in [4.69, 9.17) is 15.1 Å². The molecule has 2 heterocycles. The molecule has 1 aliphatic rings. The van der Waals surface area contributed by atoms with Crippen molar-refractivity contribution in [2.75, 3.05) is 18.1 Å². The number of aryl methyl sites for hydroxylation is 2. The number of hydrogen-bond donors (Lipinski definition) is 2. The quantitative estimate of drug-likeness (QED) is 0.580. The van der Waals surface area contributed by atoms with Gasteiger partial charge in [0.15, 0.2) is 0 Å². The second-order valence-electron chi connectivity index (χ2n) is 7.02. The lowest BCUT2D eigenvalue weighted by atomic mass is 10.1. The number of aromatic nitrogens is 1. The number of thiazole rings is 1. The number of hydrogen-bond acceptors (Lipinski definition) is 5. The minimum Gasteiger partial charge on any atom is -0.510 e. The fourth-order valence-corrected chi connectivity index (χ4v) is 4.25. The number of amidine groups is 1. The van der Waals surface area contributed by atoms with Gasteiger partial charge in [-0.2, -0.15) is 0 Å². The monoisotopic (exact) mass is 405 g/mol. The Hall–Kier alpha value is -3.12. The maximum absolute atomic E-state index is 10.6. The van der Waals surface area contributed by atoms with Gasteiger partial charge in [-0.05, 0) is 50.1 Å². The van der Waals surface area contributed by atoms with Crippen molar-refractivity contribution in [2.45, 2.75) is 20.8 Å². The second-order valence-corrected chi connectivity index (χ2v) is 7.88. The van der Waals surface area contributed by atoms with E-state index in [1.165, 1.54) is 22.5 Å². The van der Waals surface area contributed by atoms with Gasteiger partial charge in [-0.25, -0.2) is 4.98 Å². The maximum Gasteiger partial charge on any atom is 0.139 e. The summed E-state index contributed by atoms with van der Waals surface area (Å²) >= 11 is 1.45. The summed E-state index contributed by atoms with van der Waals surface area (Å²) in [4.78, 5) is 6.49. The van der Waals surface area contributed by atoms with Gasteiger partial charge < -0.3 is 14.7 Å². The summed E-state index contributed by atoms with van der Waals surface area (Å²) < 4.78 is 5.57. The molecule has 5 nitrogen and oxygen atoms in total. The fourth-order valence-electron chi connectivity index (χ4n) is 3.35. The Morgan fingerprint density at radius 2 is 2.00 bits per heavy atom. The van der Waals surface area contributed by atoms with Crippen LogP contribution in [0.1, 0.15) is 23.1 Å². The molecule has 0 unspecified atom stereocenters. The molecule has 0 atom stereocenters. The number of aliphatic hydroxyl groups is 1. The lowest BCUT2D eigenvalue weighted by Crippen LogP contribution is -2.26. The van der Waals surface area contributed by atoms with Crippen molar-refractivity contribution in [3.8, 4) is 17.0 Å². The highest BCUT2D eigenvalue weighted by Gasteiger charge is 2.31. The summed E-state index contributed by atoms with van der Waals surface area (Å²) in [5.41, 5.74) is 5.67. The normalized spacial score (nSPS) is 14.0. The van der Waals surface area contributed by atoms with Gasteiger partial charge >= 0.3 is 0 Å². The lowest BCUT2D eigenvalue weighted by molar-refractivity contribution is 0.340. The third-order valence-corrected chi connectivity index (χ3v) is 5.92. The summed E-state index contributed by atoms with van der Waals surface area (Å²) in [7, 11) is 0. The number of ether oxygens (including phenoxy) is 1. The number of rotatable bonds is 5. The van der Waals surface area contributed by atoms with Gasteiger partial charge in [0.05, 0.1) is 24.4 Å². The minimum absolute atomic E-state index is 0.165. The molecule has 1 aliphatic heterocycles. The van der Waals surface area contributed by atoms with Gasteiger partial charge in [-0.3, -0.25) is 5.41 Å². The second kappa shape index (κ2) is 7.72. The lowest BCUT2D eigenvalue weighted by Gasteiger charge is -2.19. The fraction of sp³-hybridized carbons (Fsp3) is 0.217. The molecule has 4 rings (SSSR count). The molecule has 0 saturated carbocycles.